The van der Waals surface area contributed by atoms with Crippen molar-refractivity contribution < 1.29 is 9.53 Å². The van der Waals surface area contributed by atoms with Crippen LogP contribution in [0.4, 0.5) is 0 Å². The van der Waals surface area contributed by atoms with Crippen molar-refractivity contribution >= 4 is 52.4 Å². The Hall–Kier alpha value is 0.110. The second-order valence-corrected chi connectivity index (χ2v) is 6.45. The first-order valence-electron chi connectivity index (χ1n) is 4.59. The Kier molecular flexibility index (Phi) is 4.99. The summed E-state index contributed by atoms with van der Waals surface area (Å²) < 4.78 is 3.31. The minimum atomic E-state index is -1.58. The highest BCUT2D eigenvalue weighted by atomic mass is 35.6. The molecule has 2 nitrogen and oxygen atoms in total. The molecule has 0 N–H and O–H groups in total. The zero-order valence-corrected chi connectivity index (χ0v) is 11.6. The van der Waals surface area contributed by atoms with Crippen molar-refractivity contribution in [3.05, 3.63) is 22.3 Å². The van der Waals surface area contributed by atoms with Crippen molar-refractivity contribution in [2.45, 2.75) is 23.6 Å². The van der Waals surface area contributed by atoms with E-state index in [4.69, 9.17) is 51.1 Å². The maximum absolute atomic E-state index is 11.6. The zero-order valence-electron chi connectivity index (χ0n) is 8.53. The molecule has 0 fully saturated rings. The van der Waals surface area contributed by atoms with Crippen molar-refractivity contribution in [3.8, 4) is 0 Å². The van der Waals surface area contributed by atoms with Gasteiger partial charge in [0.05, 0.1) is 0 Å². The lowest BCUT2D eigenvalue weighted by atomic mass is 9.99. The average Bonchev–Trinajstić information content (AvgIpc) is 2.13. The lowest BCUT2D eigenvalue weighted by Crippen LogP contribution is -2.19. The summed E-state index contributed by atoms with van der Waals surface area (Å²) in [7, 11) is 0. The average molecular weight is 304 g/mol. The predicted octanol–water partition coefficient (Wildman–Crippen LogP) is 4.13. The maximum Gasteiger partial charge on any atom is 0.334 e. The van der Waals surface area contributed by atoms with E-state index in [0.717, 1.165) is 10.6 Å². The molecule has 0 unspecified atom stereocenters. The van der Waals surface area contributed by atoms with Crippen LogP contribution >= 0.6 is 46.4 Å². The van der Waals surface area contributed by atoms with E-state index in [0.29, 0.717) is 18.4 Å². The van der Waals surface area contributed by atoms with Gasteiger partial charge in [-0.05, 0) is 31.4 Å². The summed E-state index contributed by atoms with van der Waals surface area (Å²) in [5.74, 6) is -0.454. The van der Waals surface area contributed by atoms with Gasteiger partial charge >= 0.3 is 5.97 Å². The SMILES string of the molecule is CC1=C(C(=O)OCC(Cl)(Cl)Cl)CCC(Cl)=C1. The number of hydrogen-bond donors (Lipinski definition) is 0. The molecule has 0 aliphatic heterocycles. The van der Waals surface area contributed by atoms with Crippen LogP contribution in [0, 0.1) is 0 Å². The number of alkyl halides is 3. The van der Waals surface area contributed by atoms with Crippen LogP contribution in [0.2, 0.25) is 0 Å². The van der Waals surface area contributed by atoms with Gasteiger partial charge in [-0.3, -0.25) is 0 Å². The van der Waals surface area contributed by atoms with Gasteiger partial charge in [-0.1, -0.05) is 46.4 Å². The van der Waals surface area contributed by atoms with Gasteiger partial charge in [-0.25, -0.2) is 4.79 Å². The molecule has 0 atom stereocenters. The molecule has 1 aliphatic carbocycles. The van der Waals surface area contributed by atoms with Crippen LogP contribution in [0.25, 0.3) is 0 Å². The van der Waals surface area contributed by atoms with Gasteiger partial charge in [0.2, 0.25) is 3.79 Å². The number of carbonyl (C=O) groups is 1. The Morgan fingerprint density at radius 3 is 2.56 bits per heavy atom. The summed E-state index contributed by atoms with van der Waals surface area (Å²) in [6, 6.07) is 0. The third kappa shape index (κ3) is 4.54. The summed E-state index contributed by atoms with van der Waals surface area (Å²) in [5.41, 5.74) is 1.38. The van der Waals surface area contributed by atoms with E-state index < -0.39 is 9.76 Å². The first-order chi connectivity index (χ1) is 7.29. The Labute approximate surface area is 114 Å². The molecule has 0 saturated heterocycles. The van der Waals surface area contributed by atoms with Crippen molar-refractivity contribution in [1.82, 2.24) is 0 Å². The molecule has 0 bridgehead atoms. The van der Waals surface area contributed by atoms with Crippen LogP contribution in [0.3, 0.4) is 0 Å². The number of ether oxygens (including phenoxy) is 1. The molecule has 0 saturated carbocycles. The molecule has 16 heavy (non-hydrogen) atoms. The highest BCUT2D eigenvalue weighted by molar-refractivity contribution is 6.67. The lowest BCUT2D eigenvalue weighted by Gasteiger charge is -2.16. The Bertz CT molecular complexity index is 352. The smallest absolute Gasteiger partial charge is 0.334 e. The Morgan fingerprint density at radius 2 is 2.06 bits per heavy atom. The first-order valence-corrected chi connectivity index (χ1v) is 6.10. The summed E-state index contributed by atoms with van der Waals surface area (Å²) >= 11 is 22.3. The Morgan fingerprint density at radius 1 is 1.44 bits per heavy atom. The minimum Gasteiger partial charge on any atom is -0.458 e. The third-order valence-electron chi connectivity index (χ3n) is 2.08. The fourth-order valence-electron chi connectivity index (χ4n) is 1.33. The van der Waals surface area contributed by atoms with Gasteiger partial charge in [-0.15, -0.1) is 0 Å². The first kappa shape index (κ1) is 14.2. The van der Waals surface area contributed by atoms with E-state index >= 15 is 0 Å². The molecule has 0 spiro atoms. The van der Waals surface area contributed by atoms with Crippen molar-refractivity contribution in [3.63, 3.8) is 0 Å². The second kappa shape index (κ2) is 5.63. The molecule has 0 radical (unpaired) electrons. The van der Waals surface area contributed by atoms with Gasteiger partial charge in [0.25, 0.3) is 0 Å². The number of carbonyl (C=O) groups excluding carboxylic acids is 1. The number of hydrogen-bond acceptors (Lipinski definition) is 2. The molecule has 0 aromatic heterocycles. The highest BCUT2D eigenvalue weighted by Gasteiger charge is 2.24. The monoisotopic (exact) mass is 302 g/mol. The van der Waals surface area contributed by atoms with Crippen molar-refractivity contribution in [2.24, 2.45) is 0 Å². The third-order valence-corrected chi connectivity index (χ3v) is 2.70. The minimum absolute atomic E-state index is 0.259. The number of rotatable bonds is 2. The van der Waals surface area contributed by atoms with Gasteiger partial charge in [-0.2, -0.15) is 0 Å². The fraction of sp³-hybridized carbons (Fsp3) is 0.500. The highest BCUT2D eigenvalue weighted by Crippen LogP contribution is 2.29. The van der Waals surface area contributed by atoms with E-state index in [1.807, 2.05) is 0 Å². The molecule has 1 aliphatic rings. The van der Waals surface area contributed by atoms with Crippen LogP contribution in [-0.2, 0) is 9.53 Å². The predicted molar refractivity (Wildman–Crippen MR) is 67.1 cm³/mol. The maximum atomic E-state index is 11.6. The number of halogens is 4. The van der Waals surface area contributed by atoms with Crippen LogP contribution < -0.4 is 0 Å². The second-order valence-electron chi connectivity index (χ2n) is 3.44. The molecule has 1 rings (SSSR count). The van der Waals surface area contributed by atoms with E-state index in [1.165, 1.54) is 0 Å². The molecule has 6 heteroatoms. The van der Waals surface area contributed by atoms with Crippen molar-refractivity contribution in [2.75, 3.05) is 6.61 Å². The molecular formula is C10H10Cl4O2. The molecule has 0 amide bonds. The van der Waals surface area contributed by atoms with E-state index in [1.54, 1.807) is 13.0 Å². The summed E-state index contributed by atoms with van der Waals surface area (Å²) in [6.45, 7) is 1.54. The Balaban J connectivity index is 2.65. The molecular weight excluding hydrogens is 294 g/mol. The van der Waals surface area contributed by atoms with E-state index in [-0.39, 0.29) is 6.61 Å². The lowest BCUT2D eigenvalue weighted by molar-refractivity contribution is -0.139. The van der Waals surface area contributed by atoms with Crippen LogP contribution in [0.5, 0.6) is 0 Å². The topological polar surface area (TPSA) is 26.3 Å². The van der Waals surface area contributed by atoms with Crippen LogP contribution in [0.15, 0.2) is 22.3 Å². The largest absolute Gasteiger partial charge is 0.458 e. The van der Waals surface area contributed by atoms with Gasteiger partial charge in [0.15, 0.2) is 0 Å². The van der Waals surface area contributed by atoms with Crippen LogP contribution in [-0.4, -0.2) is 16.4 Å². The molecule has 0 aromatic rings. The molecule has 90 valence electrons. The quantitative estimate of drug-likeness (QED) is 0.566. The fourth-order valence-corrected chi connectivity index (χ4v) is 1.76. The molecule has 0 aromatic carbocycles. The number of allylic oxidation sites excluding steroid dienone is 3. The van der Waals surface area contributed by atoms with Gasteiger partial charge in [0.1, 0.15) is 6.61 Å². The standard InChI is InChI=1S/C10H10Cl4O2/c1-6-4-7(11)2-3-8(6)9(15)16-5-10(12,13)14/h4H,2-3,5H2,1H3. The normalized spacial score (nSPS) is 17.2. The molecule has 0 heterocycles. The zero-order chi connectivity index (χ0) is 12.3. The van der Waals surface area contributed by atoms with Crippen molar-refractivity contribution in [1.29, 1.82) is 0 Å². The summed E-state index contributed by atoms with van der Waals surface area (Å²) in [5, 5.41) is 0.732. The summed E-state index contributed by atoms with van der Waals surface area (Å²) in [4.78, 5) is 11.6. The summed E-state index contributed by atoms with van der Waals surface area (Å²) in [6.07, 6.45) is 2.94. The van der Waals surface area contributed by atoms with Crippen LogP contribution in [0.1, 0.15) is 19.8 Å². The van der Waals surface area contributed by atoms with Gasteiger partial charge < -0.3 is 4.74 Å². The van der Waals surface area contributed by atoms with Gasteiger partial charge in [0, 0.05) is 10.6 Å². The van der Waals surface area contributed by atoms with E-state index in [9.17, 15) is 4.79 Å². The van der Waals surface area contributed by atoms with E-state index in [2.05, 4.69) is 0 Å². The number of esters is 1.